The molecule has 0 aliphatic heterocycles. The highest BCUT2D eigenvalue weighted by atomic mass is 32.1. The van der Waals surface area contributed by atoms with Gasteiger partial charge >= 0.3 is 6.18 Å². The molecule has 0 atom stereocenters. The highest BCUT2D eigenvalue weighted by molar-refractivity contribution is 7.10. The van der Waals surface area contributed by atoms with E-state index in [1.807, 2.05) is 18.4 Å². The summed E-state index contributed by atoms with van der Waals surface area (Å²) >= 11 is 1.59. The molecule has 0 radical (unpaired) electrons. The molecule has 0 aliphatic rings. The average Bonchev–Trinajstić information content (AvgIpc) is 2.72. The van der Waals surface area contributed by atoms with Gasteiger partial charge in [-0.1, -0.05) is 6.07 Å². The van der Waals surface area contributed by atoms with E-state index < -0.39 is 11.7 Å². The van der Waals surface area contributed by atoms with Crippen LogP contribution in [0.25, 0.3) is 0 Å². The number of anilines is 1. The number of hydrogen-bond donors (Lipinski definition) is 1. The van der Waals surface area contributed by atoms with E-state index in [9.17, 15) is 13.2 Å². The number of aryl methyl sites for hydroxylation is 1. The van der Waals surface area contributed by atoms with Crippen molar-refractivity contribution < 1.29 is 13.2 Å². The number of rotatable bonds is 3. The van der Waals surface area contributed by atoms with Gasteiger partial charge in [-0.3, -0.25) is 0 Å². The minimum Gasteiger partial charge on any atom is -0.380 e. The zero-order valence-electron chi connectivity index (χ0n) is 9.71. The van der Waals surface area contributed by atoms with Crippen LogP contribution in [0.15, 0.2) is 35.7 Å². The van der Waals surface area contributed by atoms with Crippen molar-refractivity contribution in [1.29, 1.82) is 0 Å². The Hall–Kier alpha value is -1.49. The van der Waals surface area contributed by atoms with Gasteiger partial charge in [-0.25, -0.2) is 0 Å². The Labute approximate surface area is 107 Å². The first-order valence-corrected chi connectivity index (χ1v) is 6.29. The highest BCUT2D eigenvalue weighted by Crippen LogP contribution is 2.30. The third-order valence-electron chi connectivity index (χ3n) is 2.61. The van der Waals surface area contributed by atoms with Crippen LogP contribution < -0.4 is 5.32 Å². The van der Waals surface area contributed by atoms with Crippen LogP contribution in [0, 0.1) is 6.92 Å². The summed E-state index contributed by atoms with van der Waals surface area (Å²) in [5.41, 5.74) is 1.01. The summed E-state index contributed by atoms with van der Waals surface area (Å²) in [5, 5.41) is 4.98. The number of thiophene rings is 1. The van der Waals surface area contributed by atoms with Gasteiger partial charge in [0.15, 0.2) is 0 Å². The van der Waals surface area contributed by atoms with Crippen LogP contribution in [0.2, 0.25) is 0 Å². The van der Waals surface area contributed by atoms with Gasteiger partial charge in [0.25, 0.3) is 0 Å². The summed E-state index contributed by atoms with van der Waals surface area (Å²) in [4.78, 5) is 1.13. The summed E-state index contributed by atoms with van der Waals surface area (Å²) < 4.78 is 37.6. The molecule has 0 spiro atoms. The van der Waals surface area contributed by atoms with Gasteiger partial charge in [0.2, 0.25) is 0 Å². The van der Waals surface area contributed by atoms with Crippen molar-refractivity contribution in [3.8, 4) is 0 Å². The van der Waals surface area contributed by atoms with Crippen molar-refractivity contribution >= 4 is 17.0 Å². The monoisotopic (exact) mass is 271 g/mol. The van der Waals surface area contributed by atoms with Gasteiger partial charge in [-0.15, -0.1) is 11.3 Å². The average molecular weight is 271 g/mol. The van der Waals surface area contributed by atoms with Gasteiger partial charge in [0.05, 0.1) is 5.56 Å². The number of nitrogens with one attached hydrogen (secondary N) is 1. The summed E-state index contributed by atoms with van der Waals surface area (Å²) in [6, 6.07) is 7.24. The predicted molar refractivity (Wildman–Crippen MR) is 67.8 cm³/mol. The lowest BCUT2D eigenvalue weighted by Gasteiger charge is -2.10. The third kappa shape index (κ3) is 3.04. The summed E-state index contributed by atoms with van der Waals surface area (Å²) in [5.74, 6) is 0. The Bertz CT molecular complexity index is 531. The van der Waals surface area contributed by atoms with E-state index in [0.717, 1.165) is 22.6 Å². The molecule has 1 aromatic heterocycles. The maximum atomic E-state index is 12.5. The topological polar surface area (TPSA) is 12.0 Å². The maximum absolute atomic E-state index is 12.5. The molecule has 0 bridgehead atoms. The summed E-state index contributed by atoms with van der Waals surface area (Å²) in [6.45, 7) is 2.53. The second kappa shape index (κ2) is 5.02. The van der Waals surface area contributed by atoms with Crippen molar-refractivity contribution in [1.82, 2.24) is 0 Å². The van der Waals surface area contributed by atoms with Crippen molar-refractivity contribution in [3.63, 3.8) is 0 Å². The van der Waals surface area contributed by atoms with Gasteiger partial charge in [0, 0.05) is 17.1 Å². The van der Waals surface area contributed by atoms with Crippen molar-refractivity contribution in [3.05, 3.63) is 51.7 Å². The zero-order chi connectivity index (χ0) is 13.2. The van der Waals surface area contributed by atoms with Crippen LogP contribution in [0.5, 0.6) is 0 Å². The molecule has 0 amide bonds. The van der Waals surface area contributed by atoms with E-state index in [2.05, 4.69) is 5.32 Å². The van der Waals surface area contributed by atoms with Crippen LogP contribution in [0.3, 0.4) is 0 Å². The smallest absolute Gasteiger partial charge is 0.380 e. The van der Waals surface area contributed by atoms with Crippen LogP contribution in [0.4, 0.5) is 18.9 Å². The SMILES string of the molecule is Cc1ccsc1CNc1cccc(C(F)(F)F)c1. The molecule has 1 N–H and O–H groups in total. The molecule has 2 aromatic rings. The molecule has 0 saturated carbocycles. The van der Waals surface area contributed by atoms with Gasteiger partial charge in [-0.2, -0.15) is 13.2 Å². The number of halogens is 3. The van der Waals surface area contributed by atoms with E-state index in [4.69, 9.17) is 0 Å². The van der Waals surface area contributed by atoms with E-state index in [0.29, 0.717) is 12.2 Å². The fraction of sp³-hybridized carbons (Fsp3) is 0.231. The molecule has 18 heavy (non-hydrogen) atoms. The molecule has 5 heteroatoms. The normalized spacial score (nSPS) is 11.6. The quantitative estimate of drug-likeness (QED) is 0.854. The number of benzene rings is 1. The molecule has 1 heterocycles. The van der Waals surface area contributed by atoms with E-state index in [-0.39, 0.29) is 0 Å². The van der Waals surface area contributed by atoms with Crippen LogP contribution in [-0.2, 0) is 12.7 Å². The molecule has 0 saturated heterocycles. The second-order valence-corrected chi connectivity index (χ2v) is 4.96. The second-order valence-electron chi connectivity index (χ2n) is 3.96. The van der Waals surface area contributed by atoms with Crippen molar-refractivity contribution in [2.45, 2.75) is 19.6 Å². The molecular weight excluding hydrogens is 259 g/mol. The Morgan fingerprint density at radius 1 is 1.22 bits per heavy atom. The van der Waals surface area contributed by atoms with Crippen molar-refractivity contribution in [2.24, 2.45) is 0 Å². The Morgan fingerprint density at radius 2 is 2.00 bits per heavy atom. The van der Waals surface area contributed by atoms with Gasteiger partial charge in [0.1, 0.15) is 0 Å². The van der Waals surface area contributed by atoms with Gasteiger partial charge < -0.3 is 5.32 Å². The predicted octanol–water partition coefficient (Wildman–Crippen LogP) is 4.69. The number of hydrogen-bond acceptors (Lipinski definition) is 2. The van der Waals surface area contributed by atoms with Crippen molar-refractivity contribution in [2.75, 3.05) is 5.32 Å². The van der Waals surface area contributed by atoms with E-state index >= 15 is 0 Å². The minimum absolute atomic E-state index is 0.484. The zero-order valence-corrected chi connectivity index (χ0v) is 10.5. The van der Waals surface area contributed by atoms with E-state index in [1.54, 1.807) is 17.4 Å². The Balaban J connectivity index is 2.09. The molecule has 1 aromatic carbocycles. The number of alkyl halides is 3. The van der Waals surface area contributed by atoms with Gasteiger partial charge in [-0.05, 0) is 42.1 Å². The fourth-order valence-electron chi connectivity index (χ4n) is 1.57. The fourth-order valence-corrected chi connectivity index (χ4v) is 2.42. The molecule has 1 nitrogen and oxygen atoms in total. The minimum atomic E-state index is -4.30. The summed E-state index contributed by atoms with van der Waals surface area (Å²) in [6.07, 6.45) is -4.30. The molecule has 2 rings (SSSR count). The molecule has 0 unspecified atom stereocenters. The lowest BCUT2D eigenvalue weighted by molar-refractivity contribution is -0.137. The molecule has 0 fully saturated rings. The standard InChI is InChI=1S/C13H12F3NS/c1-9-5-6-18-12(9)8-17-11-4-2-3-10(7-11)13(14,15)16/h2-7,17H,8H2,1H3. The molecule has 0 aliphatic carbocycles. The first kappa shape index (κ1) is 13.0. The maximum Gasteiger partial charge on any atom is 0.416 e. The molecule has 96 valence electrons. The van der Waals surface area contributed by atoms with Crippen LogP contribution in [-0.4, -0.2) is 0 Å². The largest absolute Gasteiger partial charge is 0.416 e. The first-order chi connectivity index (χ1) is 8.47. The van der Waals surface area contributed by atoms with E-state index in [1.165, 1.54) is 6.07 Å². The first-order valence-electron chi connectivity index (χ1n) is 5.41. The molecular formula is C13H12F3NS. The Kier molecular flexibility index (Phi) is 3.61. The Morgan fingerprint density at radius 3 is 2.61 bits per heavy atom. The summed E-state index contributed by atoms with van der Waals surface area (Å²) in [7, 11) is 0. The third-order valence-corrected chi connectivity index (χ3v) is 3.63. The lowest BCUT2D eigenvalue weighted by Crippen LogP contribution is -2.06. The van der Waals surface area contributed by atoms with Crippen LogP contribution >= 0.6 is 11.3 Å². The van der Waals surface area contributed by atoms with Crippen LogP contribution in [0.1, 0.15) is 16.0 Å². The lowest BCUT2D eigenvalue weighted by atomic mass is 10.2. The highest BCUT2D eigenvalue weighted by Gasteiger charge is 2.30.